The van der Waals surface area contributed by atoms with Crippen LogP contribution in [0.25, 0.3) is 0 Å². The molecule has 0 radical (unpaired) electrons. The molecule has 26 heavy (non-hydrogen) atoms. The molecule has 0 aliphatic carbocycles. The van der Waals surface area contributed by atoms with Crippen molar-refractivity contribution in [2.24, 2.45) is 0 Å². The van der Waals surface area contributed by atoms with Gasteiger partial charge in [-0.3, -0.25) is 9.59 Å². The molecule has 0 saturated carbocycles. The minimum absolute atomic E-state index is 0.0203. The van der Waals surface area contributed by atoms with E-state index in [-0.39, 0.29) is 24.3 Å². The van der Waals surface area contributed by atoms with Crippen molar-refractivity contribution in [1.29, 1.82) is 0 Å². The number of hydrogen-bond acceptors (Lipinski definition) is 4. The van der Waals surface area contributed by atoms with Crippen LogP contribution in [0.4, 0.5) is 0 Å². The summed E-state index contributed by atoms with van der Waals surface area (Å²) in [7, 11) is 0. The molecule has 0 N–H and O–H groups in total. The van der Waals surface area contributed by atoms with Crippen LogP contribution < -0.4 is 0 Å². The summed E-state index contributed by atoms with van der Waals surface area (Å²) in [5.74, 6) is 0.945. The maximum Gasteiger partial charge on any atom is 0.245 e. The summed E-state index contributed by atoms with van der Waals surface area (Å²) in [6.07, 6.45) is 0.744. The van der Waals surface area contributed by atoms with Crippen LogP contribution in [0.2, 0.25) is 0 Å². The van der Waals surface area contributed by atoms with Crippen molar-refractivity contribution in [2.45, 2.75) is 45.7 Å². The third kappa shape index (κ3) is 3.95. The number of carbonyl (C=O) groups is 2. The molecule has 2 aromatic rings. The third-order valence-electron chi connectivity index (χ3n) is 4.77. The van der Waals surface area contributed by atoms with Crippen LogP contribution in [-0.4, -0.2) is 45.9 Å². The number of aromatic nitrogens is 1. The predicted molar refractivity (Wildman–Crippen MR) is 97.3 cm³/mol. The first kappa shape index (κ1) is 18.2. The summed E-state index contributed by atoms with van der Waals surface area (Å²) in [6.45, 7) is 6.78. The van der Waals surface area contributed by atoms with Crippen molar-refractivity contribution in [1.82, 2.24) is 15.0 Å². The van der Waals surface area contributed by atoms with Crippen LogP contribution in [0.3, 0.4) is 0 Å². The molecule has 1 aliphatic heterocycles. The van der Waals surface area contributed by atoms with E-state index in [2.05, 4.69) is 5.16 Å². The molecule has 0 unspecified atom stereocenters. The van der Waals surface area contributed by atoms with E-state index in [4.69, 9.17) is 4.52 Å². The van der Waals surface area contributed by atoms with Crippen LogP contribution in [0.5, 0.6) is 0 Å². The van der Waals surface area contributed by atoms with Crippen molar-refractivity contribution >= 4 is 11.8 Å². The normalized spacial score (nSPS) is 18.1. The van der Waals surface area contributed by atoms with Crippen LogP contribution in [0.15, 0.2) is 40.9 Å². The minimum atomic E-state index is -0.494. The van der Waals surface area contributed by atoms with Gasteiger partial charge in [-0.25, -0.2) is 0 Å². The Hall–Kier alpha value is -2.63. The van der Waals surface area contributed by atoms with Gasteiger partial charge >= 0.3 is 0 Å². The Kier molecular flexibility index (Phi) is 5.40. The lowest BCUT2D eigenvalue weighted by Gasteiger charge is -2.38. The Balaban J connectivity index is 1.63. The highest BCUT2D eigenvalue weighted by Crippen LogP contribution is 2.20. The number of nitrogens with zero attached hydrogens (tertiary/aromatic N) is 3. The molecular weight excluding hydrogens is 330 g/mol. The van der Waals surface area contributed by atoms with Crippen LogP contribution in [0.1, 0.15) is 43.7 Å². The van der Waals surface area contributed by atoms with Crippen molar-refractivity contribution in [2.75, 3.05) is 13.1 Å². The topological polar surface area (TPSA) is 66.7 Å². The third-order valence-corrected chi connectivity index (χ3v) is 4.77. The molecule has 1 aromatic heterocycles. The first-order valence-electron chi connectivity index (χ1n) is 9.03. The largest absolute Gasteiger partial charge is 0.361 e. The van der Waals surface area contributed by atoms with E-state index >= 15 is 0 Å². The first-order chi connectivity index (χ1) is 12.5. The highest BCUT2D eigenvalue weighted by Gasteiger charge is 2.36. The molecule has 6 nitrogen and oxygen atoms in total. The lowest BCUT2D eigenvalue weighted by molar-refractivity contribution is -0.155. The van der Waals surface area contributed by atoms with Gasteiger partial charge in [-0.2, -0.15) is 0 Å². The fraction of sp³-hybridized carbons (Fsp3) is 0.450. The van der Waals surface area contributed by atoms with Gasteiger partial charge < -0.3 is 14.3 Å². The van der Waals surface area contributed by atoms with E-state index in [0.717, 1.165) is 17.7 Å². The Labute approximate surface area is 153 Å². The number of benzene rings is 1. The van der Waals surface area contributed by atoms with Crippen LogP contribution in [0, 0.1) is 0 Å². The lowest BCUT2D eigenvalue weighted by atomic mass is 10.1. The molecule has 138 valence electrons. The summed E-state index contributed by atoms with van der Waals surface area (Å²) in [5.41, 5.74) is 1.84. The van der Waals surface area contributed by atoms with Crippen molar-refractivity contribution < 1.29 is 14.1 Å². The Morgan fingerprint density at radius 2 is 1.96 bits per heavy atom. The average Bonchev–Trinajstić information content (AvgIpc) is 3.10. The summed E-state index contributed by atoms with van der Waals surface area (Å²) in [4.78, 5) is 28.5. The number of hydrogen-bond donors (Lipinski definition) is 0. The van der Waals surface area contributed by atoms with Gasteiger partial charge in [0.05, 0.1) is 13.1 Å². The second-order valence-corrected chi connectivity index (χ2v) is 7.07. The molecule has 6 heteroatoms. The fourth-order valence-corrected chi connectivity index (χ4v) is 3.12. The SMILES string of the molecule is CC(C)c1cc(CN2C(=O)CN(CCc3ccccc3)C(=O)[C@H]2C)no1. The van der Waals surface area contributed by atoms with Gasteiger partial charge in [0.25, 0.3) is 0 Å². The van der Waals surface area contributed by atoms with Gasteiger partial charge in [0.1, 0.15) is 17.5 Å². The van der Waals surface area contributed by atoms with E-state index in [1.807, 2.05) is 50.2 Å². The zero-order valence-corrected chi connectivity index (χ0v) is 15.5. The van der Waals surface area contributed by atoms with Crippen LogP contribution in [-0.2, 0) is 22.6 Å². The average molecular weight is 355 g/mol. The zero-order chi connectivity index (χ0) is 18.7. The fourth-order valence-electron chi connectivity index (χ4n) is 3.12. The molecule has 2 amide bonds. The van der Waals surface area contributed by atoms with Crippen LogP contribution >= 0.6 is 0 Å². The van der Waals surface area contributed by atoms with Gasteiger partial charge in [-0.05, 0) is 18.9 Å². The molecule has 1 fully saturated rings. The standard InChI is InChI=1S/C20H25N3O3/c1-14(2)18-11-17(21-26-18)12-23-15(3)20(25)22(13-19(23)24)10-9-16-7-5-4-6-8-16/h4-8,11,14-15H,9-10,12-13H2,1-3H3/t15-/m1/s1. The second kappa shape index (κ2) is 7.72. The molecule has 3 rings (SSSR count). The Morgan fingerprint density at radius 1 is 1.23 bits per heavy atom. The van der Waals surface area contributed by atoms with E-state index < -0.39 is 6.04 Å². The van der Waals surface area contributed by atoms with Gasteiger partial charge in [0.2, 0.25) is 11.8 Å². The molecule has 0 bridgehead atoms. The van der Waals surface area contributed by atoms with Crippen molar-refractivity contribution in [3.8, 4) is 0 Å². The summed E-state index contributed by atoms with van der Waals surface area (Å²) in [6, 6.07) is 11.3. The van der Waals surface area contributed by atoms with Gasteiger partial charge in [-0.15, -0.1) is 0 Å². The molecule has 1 aliphatic rings. The summed E-state index contributed by atoms with van der Waals surface area (Å²) >= 11 is 0. The van der Waals surface area contributed by atoms with E-state index in [9.17, 15) is 9.59 Å². The molecule has 1 aromatic carbocycles. The number of carbonyl (C=O) groups excluding carboxylic acids is 2. The highest BCUT2D eigenvalue weighted by atomic mass is 16.5. The van der Waals surface area contributed by atoms with Crippen molar-refractivity contribution in [3.05, 3.63) is 53.4 Å². The maximum absolute atomic E-state index is 12.7. The molecular formula is C20H25N3O3. The van der Waals surface area contributed by atoms with Gasteiger partial charge in [0, 0.05) is 18.5 Å². The highest BCUT2D eigenvalue weighted by molar-refractivity contribution is 5.94. The first-order valence-corrected chi connectivity index (χ1v) is 9.03. The van der Waals surface area contributed by atoms with E-state index in [1.165, 1.54) is 0 Å². The van der Waals surface area contributed by atoms with Gasteiger partial charge in [-0.1, -0.05) is 49.3 Å². The monoisotopic (exact) mass is 355 g/mol. The Morgan fingerprint density at radius 3 is 2.62 bits per heavy atom. The summed E-state index contributed by atoms with van der Waals surface area (Å²) in [5, 5.41) is 4.03. The smallest absolute Gasteiger partial charge is 0.245 e. The molecule has 2 heterocycles. The lowest BCUT2D eigenvalue weighted by Crippen LogP contribution is -2.58. The van der Waals surface area contributed by atoms with E-state index in [1.54, 1.807) is 16.7 Å². The number of piperazine rings is 1. The van der Waals surface area contributed by atoms with Crippen molar-refractivity contribution in [3.63, 3.8) is 0 Å². The maximum atomic E-state index is 12.7. The van der Waals surface area contributed by atoms with Gasteiger partial charge in [0.15, 0.2) is 0 Å². The molecule has 1 saturated heterocycles. The molecule has 0 spiro atoms. The zero-order valence-electron chi connectivity index (χ0n) is 15.5. The number of amides is 2. The minimum Gasteiger partial charge on any atom is -0.361 e. The number of rotatable bonds is 6. The molecule has 1 atom stereocenters. The second-order valence-electron chi connectivity index (χ2n) is 7.07. The quantitative estimate of drug-likeness (QED) is 0.799. The summed E-state index contributed by atoms with van der Waals surface area (Å²) < 4.78 is 5.29. The van der Waals surface area contributed by atoms with E-state index in [0.29, 0.717) is 18.8 Å². The Bertz CT molecular complexity index is 770. The predicted octanol–water partition coefficient (Wildman–Crippen LogP) is 2.60.